The van der Waals surface area contributed by atoms with Crippen molar-refractivity contribution < 1.29 is 9.13 Å². The van der Waals surface area contributed by atoms with Crippen molar-refractivity contribution >= 4 is 5.69 Å². The molecular weight excluding hydrogens is 241 g/mol. The number of ether oxygens (including phenoxy) is 1. The van der Waals surface area contributed by atoms with E-state index in [9.17, 15) is 4.39 Å². The topological polar surface area (TPSA) is 35.2 Å². The van der Waals surface area contributed by atoms with Gasteiger partial charge in [0.1, 0.15) is 11.6 Å². The first-order valence-corrected chi connectivity index (χ1v) is 6.20. The third-order valence-electron chi connectivity index (χ3n) is 2.90. The van der Waals surface area contributed by atoms with Crippen LogP contribution in [0.15, 0.2) is 42.5 Å². The molecule has 19 heavy (non-hydrogen) atoms. The van der Waals surface area contributed by atoms with Gasteiger partial charge in [0.25, 0.3) is 0 Å². The van der Waals surface area contributed by atoms with Gasteiger partial charge < -0.3 is 10.5 Å². The SMILES string of the molecule is CC(C)(C)c1cccc(Oc2ccc(F)cc2N)c1. The van der Waals surface area contributed by atoms with Crippen LogP contribution in [0.3, 0.4) is 0 Å². The molecule has 0 aliphatic rings. The predicted octanol–water partition coefficient (Wildman–Crippen LogP) is 4.50. The normalized spacial score (nSPS) is 11.4. The maximum atomic E-state index is 13.0. The summed E-state index contributed by atoms with van der Waals surface area (Å²) in [6.07, 6.45) is 0. The summed E-state index contributed by atoms with van der Waals surface area (Å²) in [5, 5.41) is 0. The lowest BCUT2D eigenvalue weighted by atomic mass is 9.87. The number of rotatable bonds is 2. The van der Waals surface area contributed by atoms with Crippen LogP contribution in [0.5, 0.6) is 11.5 Å². The molecule has 3 heteroatoms. The zero-order valence-corrected chi connectivity index (χ0v) is 11.4. The van der Waals surface area contributed by atoms with Crippen LogP contribution in [-0.2, 0) is 5.41 Å². The van der Waals surface area contributed by atoms with Gasteiger partial charge >= 0.3 is 0 Å². The molecule has 2 N–H and O–H groups in total. The lowest BCUT2D eigenvalue weighted by Gasteiger charge is -2.19. The first-order valence-electron chi connectivity index (χ1n) is 6.20. The Kier molecular flexibility index (Phi) is 3.47. The van der Waals surface area contributed by atoms with E-state index >= 15 is 0 Å². The maximum Gasteiger partial charge on any atom is 0.150 e. The van der Waals surface area contributed by atoms with Crippen molar-refractivity contribution in [2.75, 3.05) is 5.73 Å². The Labute approximate surface area is 113 Å². The van der Waals surface area contributed by atoms with Gasteiger partial charge in [-0.1, -0.05) is 32.9 Å². The summed E-state index contributed by atoms with van der Waals surface area (Å²) in [4.78, 5) is 0. The zero-order chi connectivity index (χ0) is 14.0. The van der Waals surface area contributed by atoms with Gasteiger partial charge in [-0.25, -0.2) is 4.39 Å². The predicted molar refractivity (Wildman–Crippen MR) is 76.0 cm³/mol. The minimum Gasteiger partial charge on any atom is -0.455 e. The lowest BCUT2D eigenvalue weighted by Crippen LogP contribution is -2.10. The second-order valence-corrected chi connectivity index (χ2v) is 5.56. The first-order chi connectivity index (χ1) is 8.86. The quantitative estimate of drug-likeness (QED) is 0.806. The molecule has 0 atom stereocenters. The molecule has 0 spiro atoms. The minimum atomic E-state index is -0.367. The lowest BCUT2D eigenvalue weighted by molar-refractivity contribution is 0.479. The summed E-state index contributed by atoms with van der Waals surface area (Å²) in [6.45, 7) is 6.41. The number of nitrogens with two attached hydrogens (primary N) is 1. The molecule has 0 bridgehead atoms. The number of benzene rings is 2. The van der Waals surface area contributed by atoms with E-state index in [0.29, 0.717) is 17.2 Å². The fourth-order valence-corrected chi connectivity index (χ4v) is 1.77. The van der Waals surface area contributed by atoms with E-state index in [0.717, 1.165) is 0 Å². The second kappa shape index (κ2) is 4.92. The molecule has 0 aliphatic carbocycles. The summed E-state index contributed by atoms with van der Waals surface area (Å²) in [7, 11) is 0. The molecule has 0 fully saturated rings. The van der Waals surface area contributed by atoms with E-state index in [-0.39, 0.29) is 11.2 Å². The summed E-state index contributed by atoms with van der Waals surface area (Å²) >= 11 is 0. The van der Waals surface area contributed by atoms with E-state index in [1.807, 2.05) is 18.2 Å². The van der Waals surface area contributed by atoms with Crippen LogP contribution in [0.25, 0.3) is 0 Å². The highest BCUT2D eigenvalue weighted by molar-refractivity contribution is 5.54. The first kappa shape index (κ1) is 13.4. The van der Waals surface area contributed by atoms with Crippen molar-refractivity contribution in [1.29, 1.82) is 0 Å². The molecule has 2 rings (SSSR count). The van der Waals surface area contributed by atoms with Gasteiger partial charge in [-0.3, -0.25) is 0 Å². The van der Waals surface area contributed by atoms with Gasteiger partial charge in [-0.2, -0.15) is 0 Å². The molecular formula is C16H18FNO. The highest BCUT2D eigenvalue weighted by Crippen LogP contribution is 2.31. The fourth-order valence-electron chi connectivity index (χ4n) is 1.77. The van der Waals surface area contributed by atoms with Crippen LogP contribution in [0, 0.1) is 5.82 Å². The Morgan fingerprint density at radius 2 is 1.79 bits per heavy atom. The monoisotopic (exact) mass is 259 g/mol. The van der Waals surface area contributed by atoms with E-state index in [1.54, 1.807) is 0 Å². The van der Waals surface area contributed by atoms with Gasteiger partial charge in [0.05, 0.1) is 5.69 Å². The van der Waals surface area contributed by atoms with Crippen LogP contribution >= 0.6 is 0 Å². The van der Waals surface area contributed by atoms with Crippen molar-refractivity contribution in [2.45, 2.75) is 26.2 Å². The number of anilines is 1. The fraction of sp³-hybridized carbons (Fsp3) is 0.250. The largest absolute Gasteiger partial charge is 0.455 e. The van der Waals surface area contributed by atoms with Gasteiger partial charge in [-0.05, 0) is 35.2 Å². The van der Waals surface area contributed by atoms with E-state index in [4.69, 9.17) is 10.5 Å². The van der Waals surface area contributed by atoms with Crippen LogP contribution < -0.4 is 10.5 Å². The molecule has 0 radical (unpaired) electrons. The summed E-state index contributed by atoms with van der Waals surface area (Å²) < 4.78 is 18.7. The van der Waals surface area contributed by atoms with E-state index < -0.39 is 0 Å². The third-order valence-corrected chi connectivity index (χ3v) is 2.90. The average Bonchev–Trinajstić information content (AvgIpc) is 2.32. The molecule has 2 aromatic rings. The Hall–Kier alpha value is -2.03. The molecule has 2 aromatic carbocycles. The maximum absolute atomic E-state index is 13.0. The molecule has 100 valence electrons. The van der Waals surface area contributed by atoms with Gasteiger partial charge in [0.15, 0.2) is 5.75 Å². The van der Waals surface area contributed by atoms with Crippen molar-refractivity contribution in [3.63, 3.8) is 0 Å². The van der Waals surface area contributed by atoms with Crippen molar-refractivity contribution in [1.82, 2.24) is 0 Å². The molecule has 0 aromatic heterocycles. The van der Waals surface area contributed by atoms with Crippen molar-refractivity contribution in [3.8, 4) is 11.5 Å². The highest BCUT2D eigenvalue weighted by Gasteiger charge is 2.14. The average molecular weight is 259 g/mol. The van der Waals surface area contributed by atoms with E-state index in [1.165, 1.54) is 23.8 Å². The molecule has 0 amide bonds. The summed E-state index contributed by atoms with van der Waals surface area (Å²) in [5.41, 5.74) is 7.24. The number of halogens is 1. The number of nitrogen functional groups attached to an aromatic ring is 1. The van der Waals surface area contributed by atoms with Gasteiger partial charge in [-0.15, -0.1) is 0 Å². The molecule has 0 saturated carbocycles. The Balaban J connectivity index is 2.29. The van der Waals surface area contributed by atoms with Gasteiger partial charge in [0.2, 0.25) is 0 Å². The van der Waals surface area contributed by atoms with Crippen molar-refractivity contribution in [3.05, 3.63) is 53.8 Å². The van der Waals surface area contributed by atoms with Crippen LogP contribution in [0.2, 0.25) is 0 Å². The second-order valence-electron chi connectivity index (χ2n) is 5.56. The zero-order valence-electron chi connectivity index (χ0n) is 11.4. The van der Waals surface area contributed by atoms with Crippen LogP contribution in [-0.4, -0.2) is 0 Å². The van der Waals surface area contributed by atoms with E-state index in [2.05, 4.69) is 26.8 Å². The molecule has 0 unspecified atom stereocenters. The standard InChI is InChI=1S/C16H18FNO/c1-16(2,3)11-5-4-6-13(9-11)19-15-8-7-12(17)10-14(15)18/h4-10H,18H2,1-3H3. The highest BCUT2D eigenvalue weighted by atomic mass is 19.1. The summed E-state index contributed by atoms with van der Waals surface area (Å²) in [6, 6.07) is 12.0. The number of hydrogen-bond acceptors (Lipinski definition) is 2. The van der Waals surface area contributed by atoms with Crippen molar-refractivity contribution in [2.24, 2.45) is 0 Å². The number of hydrogen-bond donors (Lipinski definition) is 1. The molecule has 0 heterocycles. The third kappa shape index (κ3) is 3.25. The molecule has 0 saturated heterocycles. The smallest absolute Gasteiger partial charge is 0.150 e. The van der Waals surface area contributed by atoms with Crippen LogP contribution in [0.4, 0.5) is 10.1 Å². The Morgan fingerprint density at radius 1 is 1.05 bits per heavy atom. The molecule has 0 aliphatic heterocycles. The summed E-state index contributed by atoms with van der Waals surface area (Å²) in [5.74, 6) is 0.798. The minimum absolute atomic E-state index is 0.0493. The van der Waals surface area contributed by atoms with Crippen LogP contribution in [0.1, 0.15) is 26.3 Å². The Bertz CT molecular complexity index is 588. The Morgan fingerprint density at radius 3 is 2.42 bits per heavy atom. The van der Waals surface area contributed by atoms with Gasteiger partial charge in [0, 0.05) is 6.07 Å². The molecule has 2 nitrogen and oxygen atoms in total.